The number of hydrogen-bond acceptors (Lipinski definition) is 8. The minimum Gasteiger partial charge on any atom is -0.462 e. The maximum absolute atomic E-state index is 12.4. The number of ether oxygens (including phenoxy) is 2. The van der Waals surface area contributed by atoms with Gasteiger partial charge < -0.3 is 34.3 Å². The zero-order valence-corrected chi connectivity index (χ0v) is 15.2. The molecule has 0 amide bonds. The summed E-state index contributed by atoms with van der Waals surface area (Å²) < 4.78 is 16.8. The Bertz CT molecular complexity index is 1050. The monoisotopic (exact) mass is 400 g/mol. The molecule has 1 fully saturated rings. The fraction of sp³-hybridized carbons (Fsp3) is 0.286. The van der Waals surface area contributed by atoms with Crippen molar-refractivity contribution in [2.75, 3.05) is 6.61 Å². The van der Waals surface area contributed by atoms with Crippen LogP contribution in [-0.2, 0) is 4.74 Å². The second-order valence-corrected chi connectivity index (χ2v) is 6.81. The Morgan fingerprint density at radius 2 is 1.69 bits per heavy atom. The molecule has 8 nitrogen and oxygen atoms in total. The lowest BCUT2D eigenvalue weighted by molar-refractivity contribution is -0.277. The molecule has 2 heterocycles. The Hall–Kier alpha value is -2.75. The molecule has 0 radical (unpaired) electrons. The summed E-state index contributed by atoms with van der Waals surface area (Å²) in [6.07, 6.45) is -6.97. The Morgan fingerprint density at radius 1 is 0.931 bits per heavy atom. The molecule has 4 rings (SSSR count). The largest absolute Gasteiger partial charge is 0.462 e. The zero-order valence-electron chi connectivity index (χ0n) is 15.2. The number of benzene rings is 2. The average Bonchev–Trinajstić information content (AvgIpc) is 2.74. The molecule has 0 saturated carbocycles. The van der Waals surface area contributed by atoms with Crippen molar-refractivity contribution < 1.29 is 34.3 Å². The summed E-state index contributed by atoms with van der Waals surface area (Å²) in [6, 6.07) is 15.1. The van der Waals surface area contributed by atoms with Crippen LogP contribution < -0.4 is 10.2 Å². The van der Waals surface area contributed by atoms with Crippen LogP contribution in [0.3, 0.4) is 0 Å². The molecule has 0 unspecified atom stereocenters. The summed E-state index contributed by atoms with van der Waals surface area (Å²) in [5.41, 5.74) is 0.801. The summed E-state index contributed by atoms with van der Waals surface area (Å²) in [5, 5.41) is 39.5. The lowest BCUT2D eigenvalue weighted by Gasteiger charge is -2.39. The van der Waals surface area contributed by atoms with Crippen LogP contribution in [-0.4, -0.2) is 57.7 Å². The fourth-order valence-corrected chi connectivity index (χ4v) is 3.25. The highest BCUT2D eigenvalue weighted by Gasteiger charge is 2.44. The van der Waals surface area contributed by atoms with E-state index in [2.05, 4.69) is 0 Å². The quantitative estimate of drug-likeness (QED) is 0.502. The SMILES string of the molecule is O=c1cc(-c2ccccc2)oc2cc(O[C@H]3O[C@H](CO)[C@@H](O)[C@@H](O)[C@H]3O)ccc12. The molecule has 8 heteroatoms. The van der Waals surface area contributed by atoms with Crippen molar-refractivity contribution in [1.29, 1.82) is 0 Å². The molecule has 1 aliphatic heterocycles. The molecule has 2 aromatic carbocycles. The molecule has 0 aliphatic carbocycles. The highest BCUT2D eigenvalue weighted by molar-refractivity contribution is 5.80. The maximum atomic E-state index is 12.4. The van der Waals surface area contributed by atoms with E-state index in [0.717, 1.165) is 5.56 Å². The van der Waals surface area contributed by atoms with E-state index in [0.29, 0.717) is 11.1 Å². The number of fused-ring (bicyclic) bond motifs is 1. The number of aliphatic hydroxyl groups excluding tert-OH is 4. The van der Waals surface area contributed by atoms with E-state index in [4.69, 9.17) is 13.9 Å². The third-order valence-corrected chi connectivity index (χ3v) is 4.86. The van der Waals surface area contributed by atoms with Crippen molar-refractivity contribution >= 4 is 11.0 Å². The van der Waals surface area contributed by atoms with Crippen LogP contribution >= 0.6 is 0 Å². The highest BCUT2D eigenvalue weighted by Crippen LogP contribution is 2.28. The van der Waals surface area contributed by atoms with Gasteiger partial charge in [0.25, 0.3) is 0 Å². The van der Waals surface area contributed by atoms with Gasteiger partial charge in [0, 0.05) is 17.7 Å². The van der Waals surface area contributed by atoms with Crippen molar-refractivity contribution in [3.63, 3.8) is 0 Å². The first-order valence-corrected chi connectivity index (χ1v) is 9.08. The maximum Gasteiger partial charge on any atom is 0.229 e. The number of rotatable bonds is 4. The summed E-state index contributed by atoms with van der Waals surface area (Å²) >= 11 is 0. The predicted octanol–water partition coefficient (Wildman–Crippen LogP) is 0.639. The zero-order chi connectivity index (χ0) is 20.5. The van der Waals surface area contributed by atoms with E-state index >= 15 is 0 Å². The third kappa shape index (κ3) is 3.76. The molecule has 152 valence electrons. The average molecular weight is 400 g/mol. The van der Waals surface area contributed by atoms with Gasteiger partial charge in [-0.05, 0) is 12.1 Å². The van der Waals surface area contributed by atoms with Crippen LogP contribution in [0.25, 0.3) is 22.3 Å². The summed E-state index contributed by atoms with van der Waals surface area (Å²) in [5.74, 6) is 0.614. The lowest BCUT2D eigenvalue weighted by Crippen LogP contribution is -2.60. The lowest BCUT2D eigenvalue weighted by atomic mass is 9.99. The number of hydrogen-bond donors (Lipinski definition) is 4. The van der Waals surface area contributed by atoms with Crippen molar-refractivity contribution in [2.24, 2.45) is 0 Å². The van der Waals surface area contributed by atoms with Gasteiger partial charge >= 0.3 is 0 Å². The normalized spacial score (nSPS) is 27.1. The smallest absolute Gasteiger partial charge is 0.229 e. The van der Waals surface area contributed by atoms with Crippen LogP contribution in [0.15, 0.2) is 63.8 Å². The van der Waals surface area contributed by atoms with E-state index in [-0.39, 0.29) is 16.8 Å². The van der Waals surface area contributed by atoms with E-state index < -0.39 is 37.3 Å². The Kier molecular flexibility index (Phi) is 5.35. The van der Waals surface area contributed by atoms with Gasteiger partial charge in [0.1, 0.15) is 41.5 Å². The van der Waals surface area contributed by atoms with Gasteiger partial charge in [-0.15, -0.1) is 0 Å². The van der Waals surface area contributed by atoms with Crippen LogP contribution in [0.5, 0.6) is 5.75 Å². The van der Waals surface area contributed by atoms with Gasteiger partial charge in [-0.3, -0.25) is 4.79 Å². The predicted molar refractivity (Wildman–Crippen MR) is 102 cm³/mol. The van der Waals surface area contributed by atoms with Crippen LogP contribution in [0.2, 0.25) is 0 Å². The van der Waals surface area contributed by atoms with Crippen molar-refractivity contribution in [3.8, 4) is 17.1 Å². The van der Waals surface area contributed by atoms with Crippen molar-refractivity contribution in [3.05, 3.63) is 64.8 Å². The van der Waals surface area contributed by atoms with Gasteiger partial charge in [0.2, 0.25) is 6.29 Å². The van der Waals surface area contributed by atoms with E-state index in [1.165, 1.54) is 24.3 Å². The van der Waals surface area contributed by atoms with Gasteiger partial charge in [-0.2, -0.15) is 0 Å². The van der Waals surface area contributed by atoms with Crippen molar-refractivity contribution in [2.45, 2.75) is 30.7 Å². The third-order valence-electron chi connectivity index (χ3n) is 4.86. The highest BCUT2D eigenvalue weighted by atomic mass is 16.7. The van der Waals surface area contributed by atoms with Gasteiger partial charge in [-0.1, -0.05) is 30.3 Å². The van der Waals surface area contributed by atoms with Crippen molar-refractivity contribution in [1.82, 2.24) is 0 Å². The van der Waals surface area contributed by atoms with E-state index in [9.17, 15) is 25.2 Å². The molecule has 3 aromatic rings. The molecule has 1 aromatic heterocycles. The molecule has 1 aliphatic rings. The molecule has 5 atom stereocenters. The Morgan fingerprint density at radius 3 is 2.41 bits per heavy atom. The Balaban J connectivity index is 1.66. The van der Waals surface area contributed by atoms with Gasteiger partial charge in [0.05, 0.1) is 12.0 Å². The van der Waals surface area contributed by atoms with Gasteiger partial charge in [-0.25, -0.2) is 0 Å². The standard InChI is InChI=1S/C21H20O8/c22-10-17-18(24)19(25)20(26)21(29-17)27-12-6-7-13-14(23)9-15(28-16(13)8-12)11-4-2-1-3-5-11/h1-9,17-22,24-26H,10H2/t17-,18-,19-,20-,21+/m1/s1. The summed E-state index contributed by atoms with van der Waals surface area (Å²) in [4.78, 5) is 12.4. The van der Waals surface area contributed by atoms with E-state index in [1.807, 2.05) is 30.3 Å². The van der Waals surface area contributed by atoms with Gasteiger partial charge in [0.15, 0.2) is 5.43 Å². The first-order valence-electron chi connectivity index (χ1n) is 9.08. The topological polar surface area (TPSA) is 130 Å². The minimum absolute atomic E-state index is 0.218. The second-order valence-electron chi connectivity index (χ2n) is 6.81. The van der Waals surface area contributed by atoms with Crippen LogP contribution in [0.1, 0.15) is 0 Å². The minimum atomic E-state index is -1.55. The van der Waals surface area contributed by atoms with Crippen LogP contribution in [0.4, 0.5) is 0 Å². The summed E-state index contributed by atoms with van der Waals surface area (Å²) in [7, 11) is 0. The Labute approximate surface area is 165 Å². The molecule has 1 saturated heterocycles. The molecule has 4 N–H and O–H groups in total. The molecule has 0 spiro atoms. The first-order chi connectivity index (χ1) is 14.0. The molecular formula is C21H20O8. The summed E-state index contributed by atoms with van der Waals surface area (Å²) in [6.45, 7) is -0.558. The molecule has 0 bridgehead atoms. The molecular weight excluding hydrogens is 380 g/mol. The van der Waals surface area contributed by atoms with Crippen LogP contribution in [0, 0.1) is 0 Å². The number of aliphatic hydroxyl groups is 4. The first kappa shape index (κ1) is 19.6. The molecule has 29 heavy (non-hydrogen) atoms. The fourth-order valence-electron chi connectivity index (χ4n) is 3.25. The van der Waals surface area contributed by atoms with E-state index in [1.54, 1.807) is 0 Å². The second kappa shape index (κ2) is 7.94.